The Kier molecular flexibility index (Phi) is 3.70. The van der Waals surface area contributed by atoms with Crippen LogP contribution in [0.4, 0.5) is 0 Å². The zero-order valence-electron chi connectivity index (χ0n) is 10.7. The van der Waals surface area contributed by atoms with Crippen LogP contribution in [0.3, 0.4) is 0 Å². The molecule has 0 fully saturated rings. The third kappa shape index (κ3) is 2.35. The lowest BCUT2D eigenvalue weighted by Crippen LogP contribution is -2.30. The first kappa shape index (κ1) is 13.2. The van der Waals surface area contributed by atoms with E-state index in [9.17, 15) is 0 Å². The van der Waals surface area contributed by atoms with E-state index in [4.69, 9.17) is 5.84 Å². The van der Waals surface area contributed by atoms with Gasteiger partial charge < -0.3 is 0 Å². The quantitative estimate of drug-likeness (QED) is 0.662. The number of halogens is 1. The topological polar surface area (TPSA) is 68.8 Å². The van der Waals surface area contributed by atoms with E-state index in [1.54, 1.807) is 4.68 Å². The van der Waals surface area contributed by atoms with Crippen molar-refractivity contribution in [2.24, 2.45) is 12.9 Å². The summed E-state index contributed by atoms with van der Waals surface area (Å²) in [5.41, 5.74) is 5.33. The Hall–Kier alpha value is -0.760. The minimum absolute atomic E-state index is 0.0648. The SMILES string of the molecule is Cn1nnc(Br)c1C(NN)c1cc2c(s1)CCCC2. The molecule has 5 nitrogen and oxygen atoms in total. The first-order valence-corrected chi connectivity index (χ1v) is 7.94. The molecule has 0 aliphatic heterocycles. The number of hydrogen-bond acceptors (Lipinski definition) is 5. The third-order valence-electron chi connectivity index (χ3n) is 3.57. The standard InChI is InChI=1S/C12H16BrN5S/c1-18-11(12(13)16-17-18)10(15-14)9-6-7-4-2-3-5-8(7)19-9/h6,10,15H,2-5,14H2,1H3. The summed E-state index contributed by atoms with van der Waals surface area (Å²) in [5, 5.41) is 8.05. The summed E-state index contributed by atoms with van der Waals surface area (Å²) in [6.07, 6.45) is 4.97. The molecule has 0 bridgehead atoms. The Morgan fingerprint density at radius 3 is 2.89 bits per heavy atom. The highest BCUT2D eigenvalue weighted by atomic mass is 79.9. The van der Waals surface area contributed by atoms with Crippen LogP contribution in [-0.4, -0.2) is 15.0 Å². The maximum Gasteiger partial charge on any atom is 0.153 e. The maximum atomic E-state index is 5.76. The van der Waals surface area contributed by atoms with E-state index in [0.717, 1.165) is 10.3 Å². The molecule has 2 aromatic heterocycles. The van der Waals surface area contributed by atoms with Crippen LogP contribution < -0.4 is 11.3 Å². The van der Waals surface area contributed by atoms with Crippen LogP contribution in [0.15, 0.2) is 10.7 Å². The fourth-order valence-electron chi connectivity index (χ4n) is 2.60. The van der Waals surface area contributed by atoms with Crippen molar-refractivity contribution in [3.8, 4) is 0 Å². The molecule has 19 heavy (non-hydrogen) atoms. The lowest BCUT2D eigenvalue weighted by molar-refractivity contribution is 0.575. The summed E-state index contributed by atoms with van der Waals surface area (Å²) in [6.45, 7) is 0. The van der Waals surface area contributed by atoms with Crippen LogP contribution >= 0.6 is 27.3 Å². The Morgan fingerprint density at radius 1 is 1.47 bits per heavy atom. The van der Waals surface area contributed by atoms with E-state index in [1.165, 1.54) is 41.0 Å². The molecular formula is C12H16BrN5S. The number of thiophene rings is 1. The Balaban J connectivity index is 2.01. The highest BCUT2D eigenvalue weighted by Gasteiger charge is 2.24. The van der Waals surface area contributed by atoms with Gasteiger partial charge in [0.25, 0.3) is 0 Å². The van der Waals surface area contributed by atoms with E-state index in [-0.39, 0.29) is 6.04 Å². The van der Waals surface area contributed by atoms with Gasteiger partial charge in [0.1, 0.15) is 0 Å². The number of rotatable bonds is 3. The number of aromatic nitrogens is 3. The zero-order valence-corrected chi connectivity index (χ0v) is 13.1. The molecule has 0 spiro atoms. The Morgan fingerprint density at radius 2 is 2.26 bits per heavy atom. The molecule has 102 valence electrons. The van der Waals surface area contributed by atoms with Crippen LogP contribution in [0.1, 0.15) is 39.9 Å². The zero-order chi connectivity index (χ0) is 13.4. The maximum absolute atomic E-state index is 5.76. The van der Waals surface area contributed by atoms with Crippen molar-refractivity contribution < 1.29 is 0 Å². The van der Waals surface area contributed by atoms with Gasteiger partial charge in [-0.3, -0.25) is 5.84 Å². The molecule has 0 radical (unpaired) electrons. The molecule has 1 aliphatic carbocycles. The first-order valence-electron chi connectivity index (χ1n) is 6.33. The van der Waals surface area contributed by atoms with Crippen molar-refractivity contribution in [1.29, 1.82) is 0 Å². The van der Waals surface area contributed by atoms with Crippen molar-refractivity contribution >= 4 is 27.3 Å². The number of hydrogen-bond donors (Lipinski definition) is 2. The summed E-state index contributed by atoms with van der Waals surface area (Å²) >= 11 is 5.29. The number of hydrazine groups is 1. The predicted octanol–water partition coefficient (Wildman–Crippen LogP) is 2.07. The molecule has 0 saturated heterocycles. The molecule has 3 rings (SSSR count). The second-order valence-corrected chi connectivity index (χ2v) is 6.71. The van der Waals surface area contributed by atoms with Crippen LogP contribution in [-0.2, 0) is 19.9 Å². The lowest BCUT2D eigenvalue weighted by Gasteiger charge is -2.14. The lowest BCUT2D eigenvalue weighted by atomic mass is 9.98. The van der Waals surface area contributed by atoms with E-state index in [2.05, 4.69) is 37.7 Å². The van der Waals surface area contributed by atoms with Crippen LogP contribution in [0.5, 0.6) is 0 Å². The molecule has 3 N–H and O–H groups in total. The first-order chi connectivity index (χ1) is 9.20. The molecule has 7 heteroatoms. The number of nitrogens with one attached hydrogen (secondary N) is 1. The van der Waals surface area contributed by atoms with Crippen LogP contribution in [0.2, 0.25) is 0 Å². The van der Waals surface area contributed by atoms with Crippen molar-refractivity contribution in [3.05, 3.63) is 31.7 Å². The molecule has 1 unspecified atom stereocenters. The van der Waals surface area contributed by atoms with Gasteiger partial charge >= 0.3 is 0 Å². The van der Waals surface area contributed by atoms with Crippen molar-refractivity contribution in [2.45, 2.75) is 31.7 Å². The summed E-state index contributed by atoms with van der Waals surface area (Å²) < 4.78 is 2.50. The predicted molar refractivity (Wildman–Crippen MR) is 78.8 cm³/mol. The van der Waals surface area contributed by atoms with Gasteiger partial charge in [-0.05, 0) is 53.2 Å². The third-order valence-corrected chi connectivity index (χ3v) is 5.43. The number of nitrogens with two attached hydrogens (primary N) is 1. The average molecular weight is 342 g/mol. The molecular weight excluding hydrogens is 326 g/mol. The van der Waals surface area contributed by atoms with Gasteiger partial charge in [0.2, 0.25) is 0 Å². The van der Waals surface area contributed by atoms with Gasteiger partial charge in [0.05, 0.1) is 11.7 Å². The minimum atomic E-state index is -0.0648. The molecule has 2 aromatic rings. The second-order valence-electron chi connectivity index (χ2n) is 4.79. The summed E-state index contributed by atoms with van der Waals surface area (Å²) in [7, 11) is 1.88. The fraction of sp³-hybridized carbons (Fsp3) is 0.500. The monoisotopic (exact) mass is 341 g/mol. The van der Waals surface area contributed by atoms with Gasteiger partial charge in [-0.2, -0.15) is 0 Å². The second kappa shape index (κ2) is 5.32. The molecule has 0 amide bonds. The van der Waals surface area contributed by atoms with Gasteiger partial charge in [-0.1, -0.05) is 5.21 Å². The van der Waals surface area contributed by atoms with Gasteiger partial charge in [0, 0.05) is 16.8 Å². The van der Waals surface area contributed by atoms with E-state index < -0.39 is 0 Å². The highest BCUT2D eigenvalue weighted by Crippen LogP contribution is 2.36. The van der Waals surface area contributed by atoms with Gasteiger partial charge in [-0.25, -0.2) is 10.1 Å². The smallest absolute Gasteiger partial charge is 0.153 e. The van der Waals surface area contributed by atoms with Crippen molar-refractivity contribution in [1.82, 2.24) is 20.4 Å². The molecule has 1 aliphatic rings. The molecule has 1 atom stereocenters. The fourth-order valence-corrected chi connectivity index (χ4v) is 4.48. The molecule has 0 aromatic carbocycles. The van der Waals surface area contributed by atoms with Crippen molar-refractivity contribution in [3.63, 3.8) is 0 Å². The number of fused-ring (bicyclic) bond motifs is 1. The van der Waals surface area contributed by atoms with Crippen molar-refractivity contribution in [2.75, 3.05) is 0 Å². The van der Waals surface area contributed by atoms with Crippen LogP contribution in [0.25, 0.3) is 0 Å². The normalized spacial score (nSPS) is 16.4. The van der Waals surface area contributed by atoms with E-state index >= 15 is 0 Å². The summed E-state index contributed by atoms with van der Waals surface area (Å²) in [4.78, 5) is 2.74. The number of aryl methyl sites for hydroxylation is 3. The molecule has 0 saturated carbocycles. The Bertz CT molecular complexity index is 548. The largest absolute Gasteiger partial charge is 0.270 e. The van der Waals surface area contributed by atoms with E-state index in [0.29, 0.717) is 0 Å². The van der Waals surface area contributed by atoms with Crippen LogP contribution in [0, 0.1) is 0 Å². The minimum Gasteiger partial charge on any atom is -0.270 e. The number of nitrogens with zero attached hydrogens (tertiary/aromatic N) is 3. The molecule has 2 heterocycles. The summed E-state index contributed by atoms with van der Waals surface area (Å²) in [5.74, 6) is 5.76. The summed E-state index contributed by atoms with van der Waals surface area (Å²) in [6, 6.07) is 2.22. The van der Waals surface area contributed by atoms with Gasteiger partial charge in [0.15, 0.2) is 4.60 Å². The van der Waals surface area contributed by atoms with Gasteiger partial charge in [-0.15, -0.1) is 16.4 Å². The highest BCUT2D eigenvalue weighted by molar-refractivity contribution is 9.10. The Labute approximate surface area is 124 Å². The average Bonchev–Trinajstić information content (AvgIpc) is 2.97. The van der Waals surface area contributed by atoms with E-state index in [1.807, 2.05) is 18.4 Å².